The number of hydrogen-bond donors (Lipinski definition) is 0. The minimum Gasteiger partial charge on any atom is -0.467 e. The maximum absolute atomic E-state index is 13.3. The number of nitrogens with zero attached hydrogens (tertiary/aromatic N) is 1. The molecule has 2 aliphatic rings. The predicted molar refractivity (Wildman–Crippen MR) is 91.9 cm³/mol. The van der Waals surface area contributed by atoms with Gasteiger partial charge in [0, 0.05) is 13.2 Å². The van der Waals surface area contributed by atoms with Crippen molar-refractivity contribution in [3.8, 4) is 0 Å². The molecule has 1 amide bonds. The van der Waals surface area contributed by atoms with Gasteiger partial charge in [-0.1, -0.05) is 24.3 Å². The Morgan fingerprint density at radius 3 is 2.84 bits per heavy atom. The van der Waals surface area contributed by atoms with E-state index < -0.39 is 6.10 Å². The number of amides is 1. The molecule has 0 aliphatic carbocycles. The number of carbonyl (C=O) groups is 1. The third-order valence-corrected chi connectivity index (χ3v) is 4.90. The number of furan rings is 1. The van der Waals surface area contributed by atoms with Crippen LogP contribution in [-0.2, 0) is 27.2 Å². The second-order valence-electron chi connectivity index (χ2n) is 6.63. The fourth-order valence-corrected chi connectivity index (χ4v) is 3.62. The van der Waals surface area contributed by atoms with Crippen molar-refractivity contribution in [1.29, 1.82) is 0 Å². The molecular weight excluding hydrogens is 318 g/mol. The summed E-state index contributed by atoms with van der Waals surface area (Å²) in [6.45, 7) is 2.35. The molecule has 1 aromatic carbocycles. The van der Waals surface area contributed by atoms with Crippen molar-refractivity contribution in [3.63, 3.8) is 0 Å². The van der Waals surface area contributed by atoms with E-state index in [4.69, 9.17) is 13.9 Å². The molecule has 2 aliphatic heterocycles. The maximum atomic E-state index is 13.3. The van der Waals surface area contributed by atoms with Gasteiger partial charge in [0.05, 0.1) is 25.5 Å². The van der Waals surface area contributed by atoms with Crippen LogP contribution in [0.15, 0.2) is 47.1 Å². The van der Waals surface area contributed by atoms with Gasteiger partial charge in [0.1, 0.15) is 5.76 Å². The summed E-state index contributed by atoms with van der Waals surface area (Å²) in [5.41, 5.74) is 2.18. The first-order valence-electron chi connectivity index (χ1n) is 8.93. The van der Waals surface area contributed by atoms with Crippen LogP contribution in [-0.4, -0.2) is 36.7 Å². The van der Waals surface area contributed by atoms with Gasteiger partial charge in [-0.25, -0.2) is 0 Å². The molecule has 0 saturated carbocycles. The zero-order valence-electron chi connectivity index (χ0n) is 14.2. The van der Waals surface area contributed by atoms with E-state index >= 15 is 0 Å². The van der Waals surface area contributed by atoms with Crippen molar-refractivity contribution < 1.29 is 18.7 Å². The summed E-state index contributed by atoms with van der Waals surface area (Å²) < 4.78 is 17.1. The van der Waals surface area contributed by atoms with E-state index in [1.54, 1.807) is 6.26 Å². The fourth-order valence-electron chi connectivity index (χ4n) is 3.62. The highest BCUT2D eigenvalue weighted by atomic mass is 16.5. The Morgan fingerprint density at radius 2 is 2.04 bits per heavy atom. The van der Waals surface area contributed by atoms with Crippen LogP contribution >= 0.6 is 0 Å². The van der Waals surface area contributed by atoms with E-state index in [9.17, 15) is 4.79 Å². The Balaban J connectivity index is 1.56. The van der Waals surface area contributed by atoms with Crippen molar-refractivity contribution in [2.24, 2.45) is 0 Å². The number of benzene rings is 1. The highest BCUT2D eigenvalue weighted by molar-refractivity contribution is 5.83. The Hall–Kier alpha value is -2.11. The van der Waals surface area contributed by atoms with E-state index in [1.165, 1.54) is 5.56 Å². The first-order chi connectivity index (χ1) is 12.3. The first-order valence-corrected chi connectivity index (χ1v) is 8.93. The summed E-state index contributed by atoms with van der Waals surface area (Å²) in [5.74, 6) is 0.759. The van der Waals surface area contributed by atoms with Crippen LogP contribution in [0.1, 0.15) is 35.8 Å². The summed E-state index contributed by atoms with van der Waals surface area (Å²) in [6, 6.07) is 11.8. The zero-order valence-corrected chi connectivity index (χ0v) is 14.2. The third kappa shape index (κ3) is 3.62. The molecule has 1 aromatic heterocycles. The van der Waals surface area contributed by atoms with Crippen molar-refractivity contribution in [2.75, 3.05) is 19.8 Å². The van der Waals surface area contributed by atoms with E-state index in [-0.39, 0.29) is 12.0 Å². The highest BCUT2D eigenvalue weighted by Gasteiger charge is 2.33. The van der Waals surface area contributed by atoms with Crippen molar-refractivity contribution in [2.45, 2.75) is 38.0 Å². The first kappa shape index (κ1) is 16.4. The summed E-state index contributed by atoms with van der Waals surface area (Å²) in [7, 11) is 0. The third-order valence-electron chi connectivity index (χ3n) is 4.90. The summed E-state index contributed by atoms with van der Waals surface area (Å²) in [4.78, 5) is 15.1. The molecular formula is C20H23NO4. The normalized spacial score (nSPS) is 22.6. The van der Waals surface area contributed by atoms with Gasteiger partial charge in [-0.2, -0.15) is 0 Å². The van der Waals surface area contributed by atoms with Gasteiger partial charge in [-0.15, -0.1) is 0 Å². The Morgan fingerprint density at radius 1 is 1.12 bits per heavy atom. The Labute approximate surface area is 147 Å². The smallest absolute Gasteiger partial charge is 0.256 e. The number of carbonyl (C=O) groups excluding carboxylic acids is 1. The van der Waals surface area contributed by atoms with Gasteiger partial charge in [0.2, 0.25) is 0 Å². The predicted octanol–water partition coefficient (Wildman–Crippen LogP) is 3.10. The molecule has 0 N–H and O–H groups in total. The van der Waals surface area contributed by atoms with Crippen LogP contribution in [0, 0.1) is 0 Å². The highest BCUT2D eigenvalue weighted by Crippen LogP contribution is 2.29. The average molecular weight is 341 g/mol. The number of fused-ring (bicyclic) bond motifs is 1. The molecule has 5 heteroatoms. The van der Waals surface area contributed by atoms with E-state index in [1.807, 2.05) is 35.2 Å². The lowest BCUT2D eigenvalue weighted by atomic mass is 9.96. The molecule has 0 spiro atoms. The molecule has 0 bridgehead atoms. The molecule has 132 valence electrons. The minimum atomic E-state index is -0.540. The molecule has 3 heterocycles. The quantitative estimate of drug-likeness (QED) is 0.838. The lowest BCUT2D eigenvalue weighted by Crippen LogP contribution is -2.41. The molecule has 1 saturated heterocycles. The van der Waals surface area contributed by atoms with Crippen LogP contribution in [0.2, 0.25) is 0 Å². The van der Waals surface area contributed by atoms with Gasteiger partial charge >= 0.3 is 0 Å². The van der Waals surface area contributed by atoms with Gasteiger partial charge in [0.25, 0.3) is 5.91 Å². The maximum Gasteiger partial charge on any atom is 0.256 e. The second-order valence-corrected chi connectivity index (χ2v) is 6.63. The van der Waals surface area contributed by atoms with Crippen molar-refractivity contribution in [3.05, 3.63) is 59.5 Å². The average Bonchev–Trinajstić information content (AvgIpc) is 3.34. The van der Waals surface area contributed by atoms with Crippen molar-refractivity contribution in [1.82, 2.24) is 4.90 Å². The Bertz CT molecular complexity index is 706. The van der Waals surface area contributed by atoms with Gasteiger partial charge in [-0.3, -0.25) is 4.79 Å². The molecule has 0 unspecified atom stereocenters. The largest absolute Gasteiger partial charge is 0.467 e. The lowest BCUT2D eigenvalue weighted by molar-refractivity contribution is -0.147. The number of rotatable bonds is 5. The van der Waals surface area contributed by atoms with Gasteiger partial charge in [0.15, 0.2) is 6.10 Å². The second kappa shape index (κ2) is 7.42. The molecule has 1 fully saturated rings. The number of hydrogen-bond acceptors (Lipinski definition) is 4. The van der Waals surface area contributed by atoms with E-state index in [0.29, 0.717) is 19.7 Å². The molecule has 2 atom stereocenters. The Kier molecular flexibility index (Phi) is 4.85. The molecule has 2 aromatic rings. The fraction of sp³-hybridized carbons (Fsp3) is 0.450. The van der Waals surface area contributed by atoms with Gasteiger partial charge in [-0.05, 0) is 42.5 Å². The number of ether oxygens (including phenoxy) is 2. The topological polar surface area (TPSA) is 51.9 Å². The van der Waals surface area contributed by atoms with Crippen LogP contribution < -0.4 is 0 Å². The molecule has 5 nitrogen and oxygen atoms in total. The van der Waals surface area contributed by atoms with Gasteiger partial charge < -0.3 is 18.8 Å². The zero-order chi connectivity index (χ0) is 17.1. The summed E-state index contributed by atoms with van der Waals surface area (Å²) >= 11 is 0. The van der Waals surface area contributed by atoms with E-state index in [0.717, 1.165) is 37.2 Å². The standard InChI is InChI=1S/C20H23NO4/c22-20(19-18-8-2-1-5-15(18)9-12-25-19)21(13-16-6-3-10-23-16)14-17-7-4-11-24-17/h1-3,5-6,8,10,17,19H,4,7,9,11-14H2/t17-,19-/m0/s1. The lowest BCUT2D eigenvalue weighted by Gasteiger charge is -2.31. The van der Waals surface area contributed by atoms with Crippen LogP contribution in [0.25, 0.3) is 0 Å². The molecule has 25 heavy (non-hydrogen) atoms. The minimum absolute atomic E-state index is 0.0148. The SMILES string of the molecule is O=C([C@H]1OCCc2ccccc21)N(Cc1ccco1)C[C@@H]1CCCO1. The van der Waals surface area contributed by atoms with E-state index in [2.05, 4.69) is 6.07 Å². The summed E-state index contributed by atoms with van der Waals surface area (Å²) in [6.07, 6.45) is 4.08. The molecule has 0 radical (unpaired) electrons. The van der Waals surface area contributed by atoms with Crippen LogP contribution in [0.5, 0.6) is 0 Å². The van der Waals surface area contributed by atoms with Crippen LogP contribution in [0.4, 0.5) is 0 Å². The van der Waals surface area contributed by atoms with Crippen molar-refractivity contribution >= 4 is 5.91 Å². The molecule has 4 rings (SSSR count). The van der Waals surface area contributed by atoms with Crippen LogP contribution in [0.3, 0.4) is 0 Å². The summed E-state index contributed by atoms with van der Waals surface area (Å²) in [5, 5.41) is 0. The monoisotopic (exact) mass is 341 g/mol.